The highest BCUT2D eigenvalue weighted by Crippen LogP contribution is 2.27. The largest absolute Gasteiger partial charge is 0.505 e. The van der Waals surface area contributed by atoms with Gasteiger partial charge in [0, 0.05) is 6.61 Å². The maximum absolute atomic E-state index is 11.5. The number of carboxylic acids is 1. The van der Waals surface area contributed by atoms with Gasteiger partial charge in [-0.2, -0.15) is 0 Å². The summed E-state index contributed by atoms with van der Waals surface area (Å²) >= 11 is 0. The highest BCUT2D eigenvalue weighted by molar-refractivity contribution is 5.97. The second kappa shape index (κ2) is 6.61. The topological polar surface area (TPSA) is 95.9 Å². The number of amides is 1. The van der Waals surface area contributed by atoms with E-state index in [1.54, 1.807) is 0 Å². The van der Waals surface area contributed by atoms with Crippen molar-refractivity contribution in [2.45, 2.75) is 13.3 Å². The Kier molecular flexibility index (Phi) is 5.13. The van der Waals surface area contributed by atoms with Crippen LogP contribution in [0.25, 0.3) is 0 Å². The van der Waals surface area contributed by atoms with Crippen molar-refractivity contribution >= 4 is 17.6 Å². The van der Waals surface area contributed by atoms with Gasteiger partial charge in [-0.3, -0.25) is 4.79 Å². The number of rotatable bonds is 6. The number of aromatic hydroxyl groups is 1. The van der Waals surface area contributed by atoms with Crippen LogP contribution in [0.2, 0.25) is 0 Å². The molecule has 0 atom stereocenters. The molecule has 0 fully saturated rings. The fraction of sp³-hybridized carbons (Fsp3) is 0.333. The monoisotopic (exact) mass is 253 g/mol. The SMILES string of the molecule is CCOCCC(=O)Nc1cccc(C(=O)O)c1O. The second-order valence-electron chi connectivity index (χ2n) is 3.50. The van der Waals surface area contributed by atoms with Crippen LogP contribution in [0.4, 0.5) is 5.69 Å². The molecule has 0 aromatic heterocycles. The molecule has 0 aliphatic carbocycles. The average molecular weight is 253 g/mol. The van der Waals surface area contributed by atoms with Crippen molar-refractivity contribution in [3.05, 3.63) is 23.8 Å². The summed E-state index contributed by atoms with van der Waals surface area (Å²) in [6.45, 7) is 2.62. The zero-order valence-electron chi connectivity index (χ0n) is 9.97. The number of hydrogen-bond acceptors (Lipinski definition) is 4. The van der Waals surface area contributed by atoms with Crippen LogP contribution in [0.5, 0.6) is 5.75 Å². The molecule has 0 radical (unpaired) electrons. The number of phenols is 1. The summed E-state index contributed by atoms with van der Waals surface area (Å²) in [5.74, 6) is -2.05. The van der Waals surface area contributed by atoms with E-state index in [1.165, 1.54) is 18.2 Å². The van der Waals surface area contributed by atoms with Crippen LogP contribution >= 0.6 is 0 Å². The minimum Gasteiger partial charge on any atom is -0.505 e. The van der Waals surface area contributed by atoms with Gasteiger partial charge in [0.15, 0.2) is 5.75 Å². The lowest BCUT2D eigenvalue weighted by Crippen LogP contribution is -2.14. The van der Waals surface area contributed by atoms with Crippen LogP contribution in [-0.2, 0) is 9.53 Å². The number of aromatic carboxylic acids is 1. The first-order valence-electron chi connectivity index (χ1n) is 5.49. The summed E-state index contributed by atoms with van der Waals surface area (Å²) in [6, 6.07) is 4.13. The maximum atomic E-state index is 11.5. The van der Waals surface area contributed by atoms with E-state index in [1.807, 2.05) is 6.92 Å². The predicted octanol–water partition coefficient (Wildman–Crippen LogP) is 1.46. The van der Waals surface area contributed by atoms with E-state index in [9.17, 15) is 14.7 Å². The van der Waals surface area contributed by atoms with Gasteiger partial charge in [-0.15, -0.1) is 0 Å². The summed E-state index contributed by atoms with van der Waals surface area (Å²) in [7, 11) is 0. The Hall–Kier alpha value is -2.08. The number of carboxylic acid groups (broad SMARTS) is 1. The Morgan fingerprint density at radius 2 is 2.11 bits per heavy atom. The molecule has 0 saturated heterocycles. The van der Waals surface area contributed by atoms with Gasteiger partial charge in [0.2, 0.25) is 5.91 Å². The van der Waals surface area contributed by atoms with Gasteiger partial charge in [-0.05, 0) is 19.1 Å². The first-order valence-corrected chi connectivity index (χ1v) is 5.49. The van der Waals surface area contributed by atoms with Crippen molar-refractivity contribution in [3.8, 4) is 5.75 Å². The van der Waals surface area contributed by atoms with Crippen molar-refractivity contribution in [1.82, 2.24) is 0 Å². The molecule has 0 saturated carbocycles. The molecule has 0 unspecified atom stereocenters. The molecule has 1 aromatic rings. The lowest BCUT2D eigenvalue weighted by molar-refractivity contribution is -0.117. The number of nitrogens with one attached hydrogen (secondary N) is 1. The molecule has 6 heteroatoms. The molecule has 0 heterocycles. The zero-order chi connectivity index (χ0) is 13.5. The van der Waals surface area contributed by atoms with Crippen molar-refractivity contribution in [2.75, 3.05) is 18.5 Å². The van der Waals surface area contributed by atoms with E-state index in [0.29, 0.717) is 6.61 Å². The average Bonchev–Trinajstić information content (AvgIpc) is 2.32. The molecule has 1 amide bonds. The van der Waals surface area contributed by atoms with Gasteiger partial charge in [-0.1, -0.05) is 6.07 Å². The van der Waals surface area contributed by atoms with E-state index in [4.69, 9.17) is 9.84 Å². The van der Waals surface area contributed by atoms with Crippen LogP contribution in [0.1, 0.15) is 23.7 Å². The molecular weight excluding hydrogens is 238 g/mol. The lowest BCUT2D eigenvalue weighted by Gasteiger charge is -2.09. The number of anilines is 1. The quantitative estimate of drug-likeness (QED) is 0.527. The number of hydrogen-bond donors (Lipinski definition) is 3. The highest BCUT2D eigenvalue weighted by atomic mass is 16.5. The minimum atomic E-state index is -1.25. The van der Waals surface area contributed by atoms with Gasteiger partial charge in [0.05, 0.1) is 18.7 Å². The Morgan fingerprint density at radius 1 is 1.39 bits per heavy atom. The van der Waals surface area contributed by atoms with Crippen molar-refractivity contribution in [2.24, 2.45) is 0 Å². The standard InChI is InChI=1S/C12H15NO5/c1-2-18-7-6-10(14)13-9-5-3-4-8(11(9)15)12(16)17/h3-5,15H,2,6-7H2,1H3,(H,13,14)(H,16,17). The van der Waals surface area contributed by atoms with Crippen molar-refractivity contribution in [1.29, 1.82) is 0 Å². The summed E-state index contributed by atoms with van der Waals surface area (Å²) in [6.07, 6.45) is 0.143. The third-order valence-corrected chi connectivity index (χ3v) is 2.22. The van der Waals surface area contributed by atoms with Crippen LogP contribution in [-0.4, -0.2) is 35.3 Å². The Morgan fingerprint density at radius 3 is 2.72 bits per heavy atom. The van der Waals surface area contributed by atoms with Crippen LogP contribution in [0, 0.1) is 0 Å². The maximum Gasteiger partial charge on any atom is 0.339 e. The van der Waals surface area contributed by atoms with Crippen LogP contribution in [0.15, 0.2) is 18.2 Å². The molecule has 0 bridgehead atoms. The summed E-state index contributed by atoms with van der Waals surface area (Å²) < 4.78 is 5.02. The molecule has 98 valence electrons. The van der Waals surface area contributed by atoms with E-state index in [0.717, 1.165) is 0 Å². The second-order valence-corrected chi connectivity index (χ2v) is 3.50. The molecule has 6 nitrogen and oxygen atoms in total. The molecule has 0 aliphatic rings. The zero-order valence-corrected chi connectivity index (χ0v) is 9.97. The Balaban J connectivity index is 2.70. The van der Waals surface area contributed by atoms with E-state index >= 15 is 0 Å². The smallest absolute Gasteiger partial charge is 0.339 e. The van der Waals surface area contributed by atoms with E-state index in [2.05, 4.69) is 5.32 Å². The molecule has 0 spiro atoms. The van der Waals surface area contributed by atoms with Gasteiger partial charge >= 0.3 is 5.97 Å². The minimum absolute atomic E-state index is 0.0800. The molecule has 3 N–H and O–H groups in total. The van der Waals surface area contributed by atoms with Crippen molar-refractivity contribution < 1.29 is 24.5 Å². The Labute approximate surface area is 104 Å². The van der Waals surface area contributed by atoms with Crippen molar-refractivity contribution in [3.63, 3.8) is 0 Å². The summed E-state index contributed by atoms with van der Waals surface area (Å²) in [5, 5.41) is 20.9. The van der Waals surface area contributed by atoms with E-state index in [-0.39, 0.29) is 30.2 Å². The predicted molar refractivity (Wildman–Crippen MR) is 64.8 cm³/mol. The third-order valence-electron chi connectivity index (χ3n) is 2.22. The molecule has 1 rings (SSSR count). The molecular formula is C12H15NO5. The highest BCUT2D eigenvalue weighted by Gasteiger charge is 2.14. The fourth-order valence-corrected chi connectivity index (χ4v) is 1.34. The van der Waals surface area contributed by atoms with Crippen LogP contribution < -0.4 is 5.32 Å². The van der Waals surface area contributed by atoms with Gasteiger partial charge < -0.3 is 20.3 Å². The first kappa shape index (κ1) is 14.0. The Bertz CT molecular complexity index is 444. The fourth-order valence-electron chi connectivity index (χ4n) is 1.34. The van der Waals surface area contributed by atoms with Gasteiger partial charge in [0.1, 0.15) is 5.56 Å². The molecule has 18 heavy (non-hydrogen) atoms. The van der Waals surface area contributed by atoms with Gasteiger partial charge in [0.25, 0.3) is 0 Å². The number of carbonyl (C=O) groups excluding carboxylic acids is 1. The molecule has 1 aromatic carbocycles. The summed E-state index contributed by atoms with van der Waals surface area (Å²) in [4.78, 5) is 22.2. The first-order chi connectivity index (χ1) is 8.56. The third kappa shape index (κ3) is 3.74. The summed E-state index contributed by atoms with van der Waals surface area (Å²) in [5.41, 5.74) is -0.172. The van der Waals surface area contributed by atoms with E-state index < -0.39 is 11.7 Å². The molecule has 0 aliphatic heterocycles. The lowest BCUT2D eigenvalue weighted by atomic mass is 10.1. The normalized spacial score (nSPS) is 10.1. The number of para-hydroxylation sites is 1. The van der Waals surface area contributed by atoms with Gasteiger partial charge in [-0.25, -0.2) is 4.79 Å². The number of ether oxygens (including phenoxy) is 1. The van der Waals surface area contributed by atoms with Crippen LogP contribution in [0.3, 0.4) is 0 Å². The number of carbonyl (C=O) groups is 2. The number of benzene rings is 1.